The summed E-state index contributed by atoms with van der Waals surface area (Å²) in [6.45, 7) is 1.18. The van der Waals surface area contributed by atoms with Crippen molar-refractivity contribution in [1.82, 2.24) is 9.97 Å². The summed E-state index contributed by atoms with van der Waals surface area (Å²) < 4.78 is 5.19. The van der Waals surface area contributed by atoms with Crippen LogP contribution in [0.25, 0.3) is 0 Å². The molecule has 2 heterocycles. The maximum Gasteiger partial charge on any atom is 0.223 e. The predicted molar refractivity (Wildman–Crippen MR) is 62.9 cm³/mol. The van der Waals surface area contributed by atoms with Crippen LogP contribution in [-0.2, 0) is 4.74 Å². The summed E-state index contributed by atoms with van der Waals surface area (Å²) in [4.78, 5) is 9.64. The second-order valence-corrected chi connectivity index (χ2v) is 3.55. The predicted octanol–water partition coefficient (Wildman–Crippen LogP) is -1.20. The van der Waals surface area contributed by atoms with Gasteiger partial charge in [0.25, 0.3) is 0 Å². The fourth-order valence-corrected chi connectivity index (χ4v) is 1.70. The fraction of sp³-hybridized carbons (Fsp3) is 0.444. The molecule has 1 aliphatic heterocycles. The van der Waals surface area contributed by atoms with E-state index in [4.69, 9.17) is 26.7 Å². The Morgan fingerprint density at radius 2 is 2.18 bits per heavy atom. The van der Waals surface area contributed by atoms with Crippen molar-refractivity contribution in [1.29, 1.82) is 5.41 Å². The number of ether oxygens (including phenoxy) is 1. The van der Waals surface area contributed by atoms with Crippen LogP contribution in [0.4, 0.5) is 17.6 Å². The normalized spacial score (nSPS) is 15.1. The first-order chi connectivity index (χ1) is 8.13. The van der Waals surface area contributed by atoms with Crippen LogP contribution in [0.1, 0.15) is 5.56 Å². The maximum absolute atomic E-state index is 9.00. The van der Waals surface area contributed by atoms with Crippen molar-refractivity contribution < 1.29 is 9.84 Å². The zero-order valence-electron chi connectivity index (χ0n) is 9.18. The van der Waals surface area contributed by atoms with E-state index >= 15 is 0 Å². The van der Waals surface area contributed by atoms with E-state index in [0.29, 0.717) is 31.1 Å². The molecule has 0 saturated carbocycles. The number of nitrogens with two attached hydrogens (primary N) is 2. The Hall–Kier alpha value is -2.09. The van der Waals surface area contributed by atoms with Crippen LogP contribution >= 0.6 is 0 Å². The number of nitrogens with zero attached hydrogens (tertiary/aromatic N) is 3. The lowest BCUT2D eigenvalue weighted by Crippen LogP contribution is -2.30. The molecule has 1 aliphatic rings. The van der Waals surface area contributed by atoms with Gasteiger partial charge in [-0.25, -0.2) is 0 Å². The second kappa shape index (κ2) is 4.42. The van der Waals surface area contributed by atoms with Crippen LogP contribution in [0.5, 0.6) is 0 Å². The van der Waals surface area contributed by atoms with Crippen molar-refractivity contribution in [2.24, 2.45) is 0 Å². The van der Waals surface area contributed by atoms with Gasteiger partial charge in [0.2, 0.25) is 11.8 Å². The molecule has 0 saturated heterocycles. The van der Waals surface area contributed by atoms with Crippen LogP contribution in [0.15, 0.2) is 0 Å². The Balaban J connectivity index is 2.54. The quantitative estimate of drug-likeness (QED) is 0.508. The van der Waals surface area contributed by atoms with Gasteiger partial charge in [-0.1, -0.05) is 0 Å². The Labute approximate surface area is 97.7 Å². The molecule has 0 atom stereocenters. The molecule has 0 fully saturated rings. The highest BCUT2D eigenvalue weighted by Crippen LogP contribution is 2.26. The first-order valence-corrected chi connectivity index (χ1v) is 5.14. The molecular weight excluding hydrogens is 224 g/mol. The van der Waals surface area contributed by atoms with Crippen LogP contribution in [0, 0.1) is 5.41 Å². The minimum atomic E-state index is -0.0714. The molecule has 1 aromatic rings. The molecule has 8 heteroatoms. The van der Waals surface area contributed by atoms with E-state index in [9.17, 15) is 0 Å². The number of aromatic nitrogens is 2. The molecule has 17 heavy (non-hydrogen) atoms. The van der Waals surface area contributed by atoms with Gasteiger partial charge in [-0.15, -0.1) is 0 Å². The number of rotatable bonds is 2. The highest BCUT2D eigenvalue weighted by Gasteiger charge is 2.24. The lowest BCUT2D eigenvalue weighted by atomic mass is 10.2. The average Bonchev–Trinajstić information content (AvgIpc) is 2.40. The van der Waals surface area contributed by atoms with Crippen molar-refractivity contribution in [3.05, 3.63) is 5.56 Å². The largest absolute Gasteiger partial charge is 0.476 e. The zero-order valence-corrected chi connectivity index (χ0v) is 9.18. The molecule has 0 aromatic carbocycles. The minimum Gasteiger partial charge on any atom is -0.476 e. The highest BCUT2D eigenvalue weighted by atomic mass is 16.5. The number of nitrogen functional groups attached to an aromatic ring is 2. The molecule has 0 amide bonds. The van der Waals surface area contributed by atoms with Crippen molar-refractivity contribution in [2.75, 3.05) is 42.7 Å². The summed E-state index contributed by atoms with van der Waals surface area (Å²) in [7, 11) is 0. The monoisotopic (exact) mass is 238 g/mol. The number of aliphatic hydroxyl groups is 1. The number of anilines is 3. The summed E-state index contributed by atoms with van der Waals surface area (Å²) in [6.07, 6.45) is 0. The molecule has 2 rings (SSSR count). The highest BCUT2D eigenvalue weighted by molar-refractivity contribution is 6.01. The lowest BCUT2D eigenvalue weighted by molar-refractivity contribution is 0.288. The van der Waals surface area contributed by atoms with Gasteiger partial charge in [0, 0.05) is 6.54 Å². The van der Waals surface area contributed by atoms with Gasteiger partial charge < -0.3 is 26.2 Å². The number of fused-ring (bicyclic) bond motifs is 1. The van der Waals surface area contributed by atoms with Gasteiger partial charge in [-0.2, -0.15) is 9.97 Å². The van der Waals surface area contributed by atoms with Crippen LogP contribution in [-0.4, -0.2) is 47.3 Å². The van der Waals surface area contributed by atoms with E-state index in [1.807, 2.05) is 0 Å². The van der Waals surface area contributed by atoms with Crippen molar-refractivity contribution in [3.8, 4) is 0 Å². The van der Waals surface area contributed by atoms with Crippen LogP contribution in [0.3, 0.4) is 0 Å². The zero-order chi connectivity index (χ0) is 12.4. The van der Waals surface area contributed by atoms with E-state index in [1.54, 1.807) is 4.90 Å². The lowest BCUT2D eigenvalue weighted by Gasteiger charge is -2.21. The second-order valence-electron chi connectivity index (χ2n) is 3.55. The SMILES string of the molecule is N=C1OCCN(CCO)c2nc(N)nc(N)c21. The number of hydrogen-bond donors (Lipinski definition) is 4. The fourth-order valence-electron chi connectivity index (χ4n) is 1.70. The standard InChI is InChI=1S/C9H14N6O2/c10-6-5-7(11)17-4-2-15(1-3-16)8(5)14-9(12)13-6/h11,16H,1-4H2,(H4,10,12,13,14). The average molecular weight is 238 g/mol. The molecule has 1 aromatic heterocycles. The first kappa shape index (κ1) is 11.4. The molecule has 0 aliphatic carbocycles. The molecule has 6 N–H and O–H groups in total. The molecular formula is C9H14N6O2. The van der Waals surface area contributed by atoms with Gasteiger partial charge in [0.05, 0.1) is 13.2 Å². The summed E-state index contributed by atoms with van der Waals surface area (Å²) in [5, 5.41) is 16.7. The van der Waals surface area contributed by atoms with Crippen molar-refractivity contribution >= 4 is 23.5 Å². The van der Waals surface area contributed by atoms with Gasteiger partial charge in [-0.05, 0) is 0 Å². The van der Waals surface area contributed by atoms with Gasteiger partial charge >= 0.3 is 0 Å². The van der Waals surface area contributed by atoms with E-state index in [1.165, 1.54) is 0 Å². The third-order valence-corrected chi connectivity index (χ3v) is 2.44. The van der Waals surface area contributed by atoms with Crippen LogP contribution in [0.2, 0.25) is 0 Å². The Morgan fingerprint density at radius 3 is 2.88 bits per heavy atom. The van der Waals surface area contributed by atoms with Gasteiger partial charge in [-0.3, -0.25) is 5.41 Å². The van der Waals surface area contributed by atoms with Crippen molar-refractivity contribution in [3.63, 3.8) is 0 Å². The molecule has 0 spiro atoms. The Morgan fingerprint density at radius 1 is 1.41 bits per heavy atom. The summed E-state index contributed by atoms with van der Waals surface area (Å²) in [5.74, 6) is 0.519. The van der Waals surface area contributed by atoms with E-state index < -0.39 is 0 Å². The van der Waals surface area contributed by atoms with E-state index in [2.05, 4.69) is 9.97 Å². The summed E-state index contributed by atoms with van der Waals surface area (Å²) in [5.41, 5.74) is 11.6. The topological polar surface area (TPSA) is 134 Å². The third kappa shape index (κ3) is 2.07. The molecule has 8 nitrogen and oxygen atoms in total. The summed E-state index contributed by atoms with van der Waals surface area (Å²) in [6, 6.07) is 0. The van der Waals surface area contributed by atoms with Gasteiger partial charge in [0.1, 0.15) is 23.8 Å². The minimum absolute atomic E-state index is 0.0312. The number of nitrogens with one attached hydrogen (secondary N) is 1. The third-order valence-electron chi connectivity index (χ3n) is 2.44. The Bertz CT molecular complexity index is 449. The van der Waals surface area contributed by atoms with Crippen molar-refractivity contribution in [2.45, 2.75) is 0 Å². The first-order valence-electron chi connectivity index (χ1n) is 5.14. The van der Waals surface area contributed by atoms with Crippen LogP contribution < -0.4 is 16.4 Å². The number of hydrogen-bond acceptors (Lipinski definition) is 8. The molecule has 0 bridgehead atoms. The maximum atomic E-state index is 9.00. The smallest absolute Gasteiger partial charge is 0.223 e. The van der Waals surface area contributed by atoms with Gasteiger partial charge in [0.15, 0.2) is 0 Å². The molecule has 92 valence electrons. The number of aliphatic hydroxyl groups excluding tert-OH is 1. The van der Waals surface area contributed by atoms with E-state index in [0.717, 1.165) is 0 Å². The molecule has 0 radical (unpaired) electrons. The van der Waals surface area contributed by atoms with E-state index in [-0.39, 0.29) is 24.3 Å². The Kier molecular flexibility index (Phi) is 2.96. The summed E-state index contributed by atoms with van der Waals surface area (Å²) >= 11 is 0. The number of β-amino-alcohol motifs (C(OH)–C–C–N with tert-alkyl or cyclic N) is 1. The molecule has 0 unspecified atom stereocenters.